The van der Waals surface area contributed by atoms with E-state index in [2.05, 4.69) is 11.2 Å². The lowest BCUT2D eigenvalue weighted by Crippen LogP contribution is -2.14. The summed E-state index contributed by atoms with van der Waals surface area (Å²) in [4.78, 5) is 5.16. The highest BCUT2D eigenvalue weighted by molar-refractivity contribution is 5.97. The fourth-order valence-corrected chi connectivity index (χ4v) is 2.04. The molecular formula is C16H16F2N2O. The number of halogens is 2. The summed E-state index contributed by atoms with van der Waals surface area (Å²) in [6.45, 7) is 4.25. The summed E-state index contributed by atoms with van der Waals surface area (Å²) in [5.74, 6) is -1.90. The predicted octanol–water partition coefficient (Wildman–Crippen LogP) is 3.42. The summed E-state index contributed by atoms with van der Waals surface area (Å²) in [7, 11) is 0. The van der Waals surface area contributed by atoms with E-state index >= 15 is 0 Å². The normalized spacial score (nSPS) is 11.5. The lowest BCUT2D eigenvalue weighted by molar-refractivity contribution is 0.130. The molecule has 0 saturated carbocycles. The summed E-state index contributed by atoms with van der Waals surface area (Å²) >= 11 is 0. The van der Waals surface area contributed by atoms with Crippen LogP contribution < -0.4 is 5.73 Å². The molecule has 0 heterocycles. The molecule has 21 heavy (non-hydrogen) atoms. The fourth-order valence-electron chi connectivity index (χ4n) is 2.04. The summed E-state index contributed by atoms with van der Waals surface area (Å²) in [5, 5.41) is 3.73. The molecule has 5 heteroatoms. The van der Waals surface area contributed by atoms with Crippen LogP contribution in [0.25, 0.3) is 0 Å². The average molecular weight is 290 g/mol. The van der Waals surface area contributed by atoms with Crippen LogP contribution in [-0.4, -0.2) is 5.84 Å². The second-order valence-corrected chi connectivity index (χ2v) is 4.87. The summed E-state index contributed by atoms with van der Waals surface area (Å²) < 4.78 is 25.9. The van der Waals surface area contributed by atoms with Gasteiger partial charge in [0, 0.05) is 5.56 Å². The number of hydrogen-bond acceptors (Lipinski definition) is 2. The van der Waals surface area contributed by atoms with Gasteiger partial charge in [0.15, 0.2) is 17.5 Å². The van der Waals surface area contributed by atoms with Gasteiger partial charge in [-0.1, -0.05) is 34.5 Å². The van der Waals surface area contributed by atoms with Crippen LogP contribution in [0.3, 0.4) is 0 Å². The van der Waals surface area contributed by atoms with E-state index in [4.69, 9.17) is 10.6 Å². The quantitative estimate of drug-likeness (QED) is 0.533. The molecule has 0 aromatic heterocycles. The molecule has 0 saturated heterocycles. The highest BCUT2D eigenvalue weighted by Crippen LogP contribution is 2.11. The van der Waals surface area contributed by atoms with Crippen molar-refractivity contribution >= 4 is 5.84 Å². The van der Waals surface area contributed by atoms with Crippen molar-refractivity contribution in [2.45, 2.75) is 20.5 Å². The van der Waals surface area contributed by atoms with Crippen molar-refractivity contribution in [2.75, 3.05) is 0 Å². The smallest absolute Gasteiger partial charge is 0.170 e. The molecule has 0 spiro atoms. The molecule has 0 amide bonds. The molecule has 0 atom stereocenters. The summed E-state index contributed by atoms with van der Waals surface area (Å²) in [6, 6.07) is 9.34. The SMILES string of the molecule is Cc1cc(C)cc(CON=C(N)c2ccc(F)c(F)c2)c1. The average Bonchev–Trinajstić information content (AvgIpc) is 2.40. The first-order valence-electron chi connectivity index (χ1n) is 6.44. The molecule has 0 aliphatic rings. The fraction of sp³-hybridized carbons (Fsp3) is 0.188. The monoisotopic (exact) mass is 290 g/mol. The Bertz CT molecular complexity index is 664. The van der Waals surface area contributed by atoms with Crippen LogP contribution in [-0.2, 0) is 11.4 Å². The molecule has 0 aliphatic carbocycles. The molecule has 0 fully saturated rings. The third-order valence-electron chi connectivity index (χ3n) is 2.89. The van der Waals surface area contributed by atoms with Crippen molar-refractivity contribution in [2.24, 2.45) is 10.9 Å². The number of nitrogens with two attached hydrogens (primary N) is 1. The van der Waals surface area contributed by atoms with Crippen LogP contribution in [0.15, 0.2) is 41.6 Å². The van der Waals surface area contributed by atoms with Gasteiger partial charge in [-0.25, -0.2) is 8.78 Å². The number of nitrogens with zero attached hydrogens (tertiary/aromatic N) is 1. The topological polar surface area (TPSA) is 47.6 Å². The van der Waals surface area contributed by atoms with Gasteiger partial charge in [-0.2, -0.15) is 0 Å². The van der Waals surface area contributed by atoms with Crippen LogP contribution in [0.2, 0.25) is 0 Å². The maximum absolute atomic E-state index is 13.1. The highest BCUT2D eigenvalue weighted by atomic mass is 19.2. The lowest BCUT2D eigenvalue weighted by atomic mass is 10.1. The van der Waals surface area contributed by atoms with Crippen molar-refractivity contribution in [1.29, 1.82) is 0 Å². The molecule has 0 radical (unpaired) electrons. The number of rotatable bonds is 4. The number of hydrogen-bond donors (Lipinski definition) is 1. The first kappa shape index (κ1) is 15.0. The van der Waals surface area contributed by atoms with Crippen LogP contribution in [0.4, 0.5) is 8.78 Å². The van der Waals surface area contributed by atoms with E-state index in [0.29, 0.717) is 0 Å². The predicted molar refractivity (Wildman–Crippen MR) is 77.8 cm³/mol. The molecule has 2 aromatic carbocycles. The molecule has 2 rings (SSSR count). The van der Waals surface area contributed by atoms with Crippen LogP contribution in [0.1, 0.15) is 22.3 Å². The first-order chi connectivity index (χ1) is 9.95. The van der Waals surface area contributed by atoms with Crippen molar-refractivity contribution in [3.05, 3.63) is 70.3 Å². The molecule has 0 bridgehead atoms. The minimum atomic E-state index is -0.972. The Morgan fingerprint density at radius 2 is 1.71 bits per heavy atom. The van der Waals surface area contributed by atoms with Crippen molar-refractivity contribution in [1.82, 2.24) is 0 Å². The number of aryl methyl sites for hydroxylation is 2. The third-order valence-corrected chi connectivity index (χ3v) is 2.89. The number of benzene rings is 2. The van der Waals surface area contributed by atoms with E-state index in [1.165, 1.54) is 6.07 Å². The van der Waals surface area contributed by atoms with Crippen LogP contribution in [0.5, 0.6) is 0 Å². The molecule has 0 aliphatic heterocycles. The summed E-state index contributed by atoms with van der Waals surface area (Å²) in [5.41, 5.74) is 9.17. The first-order valence-corrected chi connectivity index (χ1v) is 6.44. The Balaban J connectivity index is 2.04. The van der Waals surface area contributed by atoms with Gasteiger partial charge >= 0.3 is 0 Å². The summed E-state index contributed by atoms with van der Waals surface area (Å²) in [6.07, 6.45) is 0. The lowest BCUT2D eigenvalue weighted by Gasteiger charge is -2.05. The number of oxime groups is 1. The van der Waals surface area contributed by atoms with E-state index in [9.17, 15) is 8.78 Å². The van der Waals surface area contributed by atoms with Crippen molar-refractivity contribution in [3.63, 3.8) is 0 Å². The van der Waals surface area contributed by atoms with E-state index in [-0.39, 0.29) is 18.0 Å². The highest BCUT2D eigenvalue weighted by Gasteiger charge is 2.06. The maximum atomic E-state index is 13.1. The van der Waals surface area contributed by atoms with E-state index in [1.54, 1.807) is 0 Å². The van der Waals surface area contributed by atoms with Crippen molar-refractivity contribution < 1.29 is 13.6 Å². The van der Waals surface area contributed by atoms with Crippen LogP contribution in [0, 0.1) is 25.5 Å². The van der Waals surface area contributed by atoms with Crippen LogP contribution >= 0.6 is 0 Å². The maximum Gasteiger partial charge on any atom is 0.170 e. The second-order valence-electron chi connectivity index (χ2n) is 4.87. The Morgan fingerprint density at radius 3 is 2.33 bits per heavy atom. The Kier molecular flexibility index (Phi) is 4.52. The van der Waals surface area contributed by atoms with E-state index in [0.717, 1.165) is 28.8 Å². The third kappa shape index (κ3) is 4.02. The van der Waals surface area contributed by atoms with E-state index in [1.807, 2.05) is 26.0 Å². The molecule has 110 valence electrons. The van der Waals surface area contributed by atoms with Gasteiger partial charge in [0.05, 0.1) is 0 Å². The van der Waals surface area contributed by atoms with E-state index < -0.39 is 11.6 Å². The molecule has 2 N–H and O–H groups in total. The number of amidine groups is 1. The van der Waals surface area contributed by atoms with Gasteiger partial charge in [-0.05, 0) is 37.6 Å². The van der Waals surface area contributed by atoms with Crippen molar-refractivity contribution in [3.8, 4) is 0 Å². The minimum Gasteiger partial charge on any atom is -0.389 e. The van der Waals surface area contributed by atoms with Gasteiger partial charge in [-0.3, -0.25) is 0 Å². The molecule has 2 aromatic rings. The zero-order valence-corrected chi connectivity index (χ0v) is 11.9. The van der Waals surface area contributed by atoms with Gasteiger partial charge in [-0.15, -0.1) is 0 Å². The minimum absolute atomic E-state index is 0.00160. The van der Waals surface area contributed by atoms with Gasteiger partial charge in [0.25, 0.3) is 0 Å². The standard InChI is InChI=1S/C16H16F2N2O/c1-10-5-11(2)7-12(6-10)9-21-20-16(19)13-3-4-14(17)15(18)8-13/h3-8H,9H2,1-2H3,(H2,19,20). The van der Waals surface area contributed by atoms with Gasteiger partial charge < -0.3 is 10.6 Å². The van der Waals surface area contributed by atoms with Gasteiger partial charge in [0.2, 0.25) is 0 Å². The molecule has 0 unspecified atom stereocenters. The Hall–Kier alpha value is -2.43. The zero-order chi connectivity index (χ0) is 15.4. The Labute approximate surface area is 122 Å². The molecule has 3 nitrogen and oxygen atoms in total. The second kappa shape index (κ2) is 6.35. The molecular weight excluding hydrogens is 274 g/mol. The largest absolute Gasteiger partial charge is 0.389 e. The Morgan fingerprint density at radius 1 is 1.05 bits per heavy atom. The van der Waals surface area contributed by atoms with Gasteiger partial charge in [0.1, 0.15) is 6.61 Å². The zero-order valence-electron chi connectivity index (χ0n) is 11.9.